The van der Waals surface area contributed by atoms with Gasteiger partial charge in [0.1, 0.15) is 5.54 Å². The summed E-state index contributed by atoms with van der Waals surface area (Å²) in [7, 11) is -3.66. The number of thioether (sulfide) groups is 1. The van der Waals surface area contributed by atoms with Crippen molar-refractivity contribution in [2.45, 2.75) is 23.8 Å². The summed E-state index contributed by atoms with van der Waals surface area (Å²) in [5.74, 6) is 1.30. The first-order valence-corrected chi connectivity index (χ1v) is 9.11. The molecular weight excluding hydrogens is 348 g/mol. The molecule has 0 radical (unpaired) electrons. The molecule has 1 aliphatic heterocycles. The van der Waals surface area contributed by atoms with E-state index in [9.17, 15) is 13.7 Å². The molecule has 19 heavy (non-hydrogen) atoms. The molecule has 1 aromatic rings. The fourth-order valence-electron chi connectivity index (χ4n) is 1.86. The van der Waals surface area contributed by atoms with Crippen molar-refractivity contribution in [1.29, 1.82) is 5.26 Å². The molecule has 1 atom stereocenters. The van der Waals surface area contributed by atoms with Crippen LogP contribution in [0.25, 0.3) is 0 Å². The lowest BCUT2D eigenvalue weighted by Crippen LogP contribution is -2.47. The summed E-state index contributed by atoms with van der Waals surface area (Å²) in [5.41, 5.74) is -0.125. The predicted molar refractivity (Wildman–Crippen MR) is 79.5 cm³/mol. The van der Waals surface area contributed by atoms with Gasteiger partial charge >= 0.3 is 0 Å². The number of benzene rings is 1. The Morgan fingerprint density at radius 2 is 2.26 bits per heavy atom. The van der Waals surface area contributed by atoms with Gasteiger partial charge in [0.25, 0.3) is 0 Å². The van der Waals surface area contributed by atoms with E-state index in [1.165, 1.54) is 6.07 Å². The van der Waals surface area contributed by atoms with Crippen molar-refractivity contribution < 1.29 is 8.42 Å². The Hall–Kier alpha value is -0.550. The first kappa shape index (κ1) is 14.9. The van der Waals surface area contributed by atoms with Crippen LogP contribution < -0.4 is 4.72 Å². The maximum Gasteiger partial charge on any atom is 0.241 e. The minimum Gasteiger partial charge on any atom is -0.207 e. The van der Waals surface area contributed by atoms with Gasteiger partial charge in [-0.05, 0) is 42.9 Å². The van der Waals surface area contributed by atoms with Gasteiger partial charge in [0, 0.05) is 10.2 Å². The fourth-order valence-corrected chi connectivity index (χ4v) is 4.89. The molecule has 0 unspecified atom stereocenters. The van der Waals surface area contributed by atoms with Crippen LogP contribution in [0.2, 0.25) is 0 Å². The summed E-state index contributed by atoms with van der Waals surface area (Å²) in [6.07, 6.45) is 0.545. The number of nitrogens with zero attached hydrogens (tertiary/aromatic N) is 1. The van der Waals surface area contributed by atoms with E-state index in [4.69, 9.17) is 0 Å². The number of nitrogens with one attached hydrogen (secondary N) is 1. The fraction of sp³-hybridized carbons (Fsp3) is 0.417. The normalized spacial score (nSPS) is 23.2. The predicted octanol–water partition coefficient (Wildman–Crippen LogP) is 2.44. The topological polar surface area (TPSA) is 70.0 Å². The number of halogens is 1. The minimum atomic E-state index is -3.66. The van der Waals surface area contributed by atoms with Crippen LogP contribution >= 0.6 is 27.7 Å². The molecule has 7 heteroatoms. The second-order valence-electron chi connectivity index (χ2n) is 4.51. The lowest BCUT2D eigenvalue weighted by Gasteiger charge is -2.21. The highest BCUT2D eigenvalue weighted by Gasteiger charge is 2.38. The van der Waals surface area contributed by atoms with Gasteiger partial charge in [-0.25, -0.2) is 8.42 Å². The third-order valence-corrected chi connectivity index (χ3v) is 6.62. The largest absolute Gasteiger partial charge is 0.241 e. The Kier molecular flexibility index (Phi) is 4.26. The first-order chi connectivity index (χ1) is 8.88. The van der Waals surface area contributed by atoms with Crippen LogP contribution in [-0.4, -0.2) is 25.5 Å². The maximum atomic E-state index is 12.3. The number of rotatable bonds is 3. The zero-order valence-electron chi connectivity index (χ0n) is 10.3. The highest BCUT2D eigenvalue weighted by atomic mass is 79.9. The molecule has 1 saturated heterocycles. The third-order valence-electron chi connectivity index (χ3n) is 3.01. The third kappa shape index (κ3) is 3.14. The molecule has 1 aliphatic rings. The second-order valence-corrected chi connectivity index (χ2v) is 8.15. The number of nitriles is 1. The molecule has 102 valence electrons. The van der Waals surface area contributed by atoms with Crippen LogP contribution in [0.1, 0.15) is 12.0 Å². The van der Waals surface area contributed by atoms with Crippen LogP contribution in [-0.2, 0) is 10.0 Å². The molecule has 2 rings (SSSR count). The SMILES string of the molecule is Cc1cc(S(=O)(=O)N[C@@]2(C#N)CCSC2)ccc1Br. The van der Waals surface area contributed by atoms with Gasteiger partial charge in [0.05, 0.1) is 11.0 Å². The van der Waals surface area contributed by atoms with E-state index in [0.29, 0.717) is 12.2 Å². The van der Waals surface area contributed by atoms with Crippen molar-refractivity contribution in [2.24, 2.45) is 0 Å². The summed E-state index contributed by atoms with van der Waals surface area (Å²) >= 11 is 4.93. The van der Waals surface area contributed by atoms with E-state index in [1.807, 2.05) is 6.92 Å². The average Bonchev–Trinajstić information content (AvgIpc) is 2.81. The maximum absolute atomic E-state index is 12.3. The van der Waals surface area contributed by atoms with Gasteiger partial charge in [-0.1, -0.05) is 15.9 Å². The van der Waals surface area contributed by atoms with Gasteiger partial charge in [-0.2, -0.15) is 21.7 Å². The highest BCUT2D eigenvalue weighted by Crippen LogP contribution is 2.29. The van der Waals surface area contributed by atoms with E-state index >= 15 is 0 Å². The van der Waals surface area contributed by atoms with Gasteiger partial charge < -0.3 is 0 Å². The quantitative estimate of drug-likeness (QED) is 0.898. The molecule has 1 N–H and O–H groups in total. The van der Waals surface area contributed by atoms with Crippen molar-refractivity contribution in [2.75, 3.05) is 11.5 Å². The molecule has 0 bridgehead atoms. The standard InChI is InChI=1S/C12H13BrN2O2S2/c1-9-6-10(2-3-11(9)13)19(16,17)15-12(7-14)4-5-18-8-12/h2-3,6,15H,4-5,8H2,1H3/t12-/m1/s1. The first-order valence-electron chi connectivity index (χ1n) is 5.68. The Morgan fingerprint density at radius 3 is 2.79 bits per heavy atom. The molecule has 0 spiro atoms. The molecule has 0 aliphatic carbocycles. The summed E-state index contributed by atoms with van der Waals surface area (Å²) in [5, 5.41) is 9.23. The van der Waals surface area contributed by atoms with Crippen molar-refractivity contribution in [3.05, 3.63) is 28.2 Å². The van der Waals surface area contributed by atoms with Gasteiger partial charge in [-0.15, -0.1) is 0 Å². The molecule has 4 nitrogen and oxygen atoms in total. The van der Waals surface area contributed by atoms with Crippen LogP contribution in [0.5, 0.6) is 0 Å². The Balaban J connectivity index is 2.32. The smallest absolute Gasteiger partial charge is 0.207 e. The Bertz CT molecular complexity index is 632. The number of sulfonamides is 1. The minimum absolute atomic E-state index is 0.194. The van der Waals surface area contributed by atoms with Gasteiger partial charge in [-0.3, -0.25) is 0 Å². The zero-order valence-corrected chi connectivity index (χ0v) is 13.5. The molecule has 1 fully saturated rings. The number of hydrogen-bond acceptors (Lipinski definition) is 4. The monoisotopic (exact) mass is 360 g/mol. The number of aryl methyl sites for hydroxylation is 1. The van der Waals surface area contributed by atoms with Crippen LogP contribution in [0.15, 0.2) is 27.6 Å². The van der Waals surface area contributed by atoms with E-state index in [-0.39, 0.29) is 4.90 Å². The summed E-state index contributed by atoms with van der Waals surface area (Å²) in [4.78, 5) is 0.194. The summed E-state index contributed by atoms with van der Waals surface area (Å²) in [6.45, 7) is 1.83. The second kappa shape index (κ2) is 5.44. The van der Waals surface area contributed by atoms with Crippen molar-refractivity contribution in [1.82, 2.24) is 4.72 Å². The molecule has 0 saturated carbocycles. The van der Waals surface area contributed by atoms with Crippen LogP contribution in [0, 0.1) is 18.3 Å². The molecule has 0 aromatic heterocycles. The lowest BCUT2D eigenvalue weighted by molar-refractivity contribution is 0.515. The highest BCUT2D eigenvalue weighted by molar-refractivity contribution is 9.10. The van der Waals surface area contributed by atoms with Crippen molar-refractivity contribution >= 4 is 37.7 Å². The molecule has 1 aromatic carbocycles. The van der Waals surface area contributed by atoms with Crippen molar-refractivity contribution in [3.63, 3.8) is 0 Å². The van der Waals surface area contributed by atoms with Crippen molar-refractivity contribution in [3.8, 4) is 6.07 Å². The molecular formula is C12H13BrN2O2S2. The molecule has 1 heterocycles. The Labute approximate surface area is 125 Å². The number of hydrogen-bond donors (Lipinski definition) is 1. The summed E-state index contributed by atoms with van der Waals surface area (Å²) in [6, 6.07) is 6.94. The van der Waals surface area contributed by atoms with Gasteiger partial charge in [0.15, 0.2) is 0 Å². The van der Waals surface area contributed by atoms with Crippen LogP contribution in [0.4, 0.5) is 0 Å². The van der Waals surface area contributed by atoms with Crippen LogP contribution in [0.3, 0.4) is 0 Å². The summed E-state index contributed by atoms with van der Waals surface area (Å²) < 4.78 is 28.1. The van der Waals surface area contributed by atoms with E-state index in [1.54, 1.807) is 23.9 Å². The molecule has 0 amide bonds. The van der Waals surface area contributed by atoms with E-state index in [2.05, 4.69) is 26.7 Å². The average molecular weight is 361 g/mol. The Morgan fingerprint density at radius 1 is 1.53 bits per heavy atom. The van der Waals surface area contributed by atoms with Gasteiger partial charge in [0.2, 0.25) is 10.0 Å². The van der Waals surface area contributed by atoms with E-state index in [0.717, 1.165) is 15.8 Å². The lowest BCUT2D eigenvalue weighted by atomic mass is 10.0. The zero-order chi connectivity index (χ0) is 14.1. The van der Waals surface area contributed by atoms with E-state index < -0.39 is 15.6 Å².